The Morgan fingerprint density at radius 1 is 0.667 bits per heavy atom. The lowest BCUT2D eigenvalue weighted by Crippen LogP contribution is -2.52. The molecule has 4 rings (SSSR count). The van der Waals surface area contributed by atoms with E-state index in [4.69, 9.17) is 5.73 Å². The van der Waals surface area contributed by atoms with Gasteiger partial charge in [0.2, 0.25) is 0 Å². The van der Waals surface area contributed by atoms with E-state index in [0.717, 1.165) is 13.0 Å². The van der Waals surface area contributed by atoms with Crippen molar-refractivity contribution in [2.24, 2.45) is 11.7 Å². The second-order valence-electron chi connectivity index (χ2n) is 7.49. The van der Waals surface area contributed by atoms with E-state index in [1.165, 1.54) is 29.5 Å². The van der Waals surface area contributed by atoms with Crippen molar-refractivity contribution < 1.29 is 0 Å². The lowest BCUT2D eigenvalue weighted by Gasteiger charge is -2.45. The average Bonchev–Trinajstić information content (AvgIpc) is 2.96. The van der Waals surface area contributed by atoms with Crippen molar-refractivity contribution in [3.63, 3.8) is 0 Å². The van der Waals surface area contributed by atoms with Crippen LogP contribution in [0.4, 0.5) is 0 Å². The summed E-state index contributed by atoms with van der Waals surface area (Å²) in [6.07, 6.45) is 3.43. The van der Waals surface area contributed by atoms with Crippen molar-refractivity contribution in [2.75, 3.05) is 6.54 Å². The molecule has 1 aliphatic rings. The average molecular weight is 357 g/mol. The second-order valence-corrected chi connectivity index (χ2v) is 7.49. The first-order valence-corrected chi connectivity index (χ1v) is 9.99. The smallest absolute Gasteiger partial charge is 0.0590 e. The Morgan fingerprint density at radius 2 is 1.11 bits per heavy atom. The van der Waals surface area contributed by atoms with Crippen LogP contribution in [0, 0.1) is 5.92 Å². The Labute approximate surface area is 162 Å². The monoisotopic (exact) mass is 356 g/mol. The Morgan fingerprint density at radius 3 is 1.56 bits per heavy atom. The van der Waals surface area contributed by atoms with Crippen LogP contribution < -0.4 is 11.1 Å². The SMILES string of the molecule is NC1NCCCCC1C(c1ccccc1)(c1ccccc1)c1ccccc1. The van der Waals surface area contributed by atoms with Gasteiger partial charge in [0.05, 0.1) is 11.6 Å². The maximum Gasteiger partial charge on any atom is 0.0590 e. The summed E-state index contributed by atoms with van der Waals surface area (Å²) in [6, 6.07) is 32.7. The van der Waals surface area contributed by atoms with Crippen LogP contribution in [0.15, 0.2) is 91.0 Å². The summed E-state index contributed by atoms with van der Waals surface area (Å²) in [4.78, 5) is 0. The molecule has 0 aromatic heterocycles. The maximum atomic E-state index is 6.77. The van der Waals surface area contributed by atoms with Crippen molar-refractivity contribution in [3.05, 3.63) is 108 Å². The van der Waals surface area contributed by atoms with Crippen LogP contribution in [0.5, 0.6) is 0 Å². The second kappa shape index (κ2) is 8.08. The third kappa shape index (κ3) is 3.31. The van der Waals surface area contributed by atoms with Gasteiger partial charge in [0, 0.05) is 5.92 Å². The standard InChI is InChI=1S/C25H28N2/c26-24-23(18-10-11-19-27-24)25(20-12-4-1-5-13-20,21-14-6-2-7-15-21)22-16-8-3-9-17-22/h1-9,12-17,23-24,27H,10-11,18-19,26H2. The largest absolute Gasteiger partial charge is 0.316 e. The topological polar surface area (TPSA) is 38.0 Å². The van der Waals surface area contributed by atoms with Gasteiger partial charge < -0.3 is 11.1 Å². The Kier molecular flexibility index (Phi) is 5.38. The molecule has 0 aliphatic carbocycles. The van der Waals surface area contributed by atoms with Gasteiger partial charge in [0.1, 0.15) is 0 Å². The number of nitrogens with two attached hydrogens (primary N) is 1. The van der Waals surface area contributed by atoms with E-state index in [0.29, 0.717) is 0 Å². The molecule has 1 saturated heterocycles. The van der Waals surface area contributed by atoms with Crippen molar-refractivity contribution in [3.8, 4) is 0 Å². The molecule has 0 bridgehead atoms. The Balaban J connectivity index is 2.03. The zero-order chi connectivity index (χ0) is 18.5. The normalized spacial score (nSPS) is 20.8. The van der Waals surface area contributed by atoms with E-state index >= 15 is 0 Å². The molecule has 1 heterocycles. The van der Waals surface area contributed by atoms with Gasteiger partial charge in [0.15, 0.2) is 0 Å². The maximum absolute atomic E-state index is 6.77. The fraction of sp³-hybridized carbons (Fsp3) is 0.280. The number of hydrogen-bond donors (Lipinski definition) is 2. The predicted octanol–water partition coefficient (Wildman–Crippen LogP) is 4.70. The summed E-state index contributed by atoms with van der Waals surface area (Å²) in [5.41, 5.74) is 10.4. The molecule has 2 atom stereocenters. The predicted molar refractivity (Wildman–Crippen MR) is 113 cm³/mol. The van der Waals surface area contributed by atoms with Gasteiger partial charge in [-0.2, -0.15) is 0 Å². The van der Waals surface area contributed by atoms with Crippen molar-refractivity contribution in [2.45, 2.75) is 30.8 Å². The minimum absolute atomic E-state index is 0.0480. The van der Waals surface area contributed by atoms with E-state index in [1.807, 2.05) is 0 Å². The molecule has 0 saturated carbocycles. The van der Waals surface area contributed by atoms with Gasteiger partial charge in [-0.3, -0.25) is 0 Å². The highest BCUT2D eigenvalue weighted by Gasteiger charge is 2.46. The summed E-state index contributed by atoms with van der Waals surface area (Å²) >= 11 is 0. The highest BCUT2D eigenvalue weighted by Crippen LogP contribution is 2.48. The first-order chi connectivity index (χ1) is 13.3. The fourth-order valence-electron chi connectivity index (χ4n) is 4.81. The summed E-state index contributed by atoms with van der Waals surface area (Å²) < 4.78 is 0. The Hall–Kier alpha value is -2.42. The number of nitrogens with one attached hydrogen (secondary N) is 1. The van der Waals surface area contributed by atoms with Crippen LogP contribution in [-0.2, 0) is 5.41 Å². The number of rotatable bonds is 4. The van der Waals surface area contributed by atoms with Gasteiger partial charge in [0.25, 0.3) is 0 Å². The molecule has 2 heteroatoms. The lowest BCUT2D eigenvalue weighted by molar-refractivity contribution is 0.274. The molecule has 3 aromatic rings. The van der Waals surface area contributed by atoms with Crippen LogP contribution >= 0.6 is 0 Å². The first-order valence-electron chi connectivity index (χ1n) is 9.99. The fourth-order valence-corrected chi connectivity index (χ4v) is 4.81. The molecule has 0 amide bonds. The third-order valence-corrected chi connectivity index (χ3v) is 6.00. The molecular formula is C25H28N2. The van der Waals surface area contributed by atoms with E-state index in [9.17, 15) is 0 Å². The van der Waals surface area contributed by atoms with Gasteiger partial charge in [-0.15, -0.1) is 0 Å². The van der Waals surface area contributed by atoms with Gasteiger partial charge in [-0.25, -0.2) is 0 Å². The molecule has 138 valence electrons. The first kappa shape index (κ1) is 18.0. The molecule has 3 aromatic carbocycles. The van der Waals surface area contributed by atoms with E-state index in [-0.39, 0.29) is 17.5 Å². The van der Waals surface area contributed by atoms with Crippen molar-refractivity contribution in [1.29, 1.82) is 0 Å². The molecule has 0 radical (unpaired) electrons. The molecule has 27 heavy (non-hydrogen) atoms. The van der Waals surface area contributed by atoms with Crippen LogP contribution in [-0.4, -0.2) is 12.7 Å². The molecule has 0 spiro atoms. The molecule has 3 N–H and O–H groups in total. The van der Waals surface area contributed by atoms with Gasteiger partial charge >= 0.3 is 0 Å². The minimum atomic E-state index is -0.277. The molecule has 1 fully saturated rings. The summed E-state index contributed by atoms with van der Waals surface area (Å²) in [5, 5.41) is 3.59. The quantitative estimate of drug-likeness (QED) is 0.665. The van der Waals surface area contributed by atoms with Crippen LogP contribution in [0.25, 0.3) is 0 Å². The molecule has 2 unspecified atom stereocenters. The molecule has 1 aliphatic heterocycles. The number of benzene rings is 3. The summed E-state index contributed by atoms with van der Waals surface area (Å²) in [6.45, 7) is 0.992. The third-order valence-electron chi connectivity index (χ3n) is 6.00. The van der Waals surface area contributed by atoms with Crippen molar-refractivity contribution in [1.82, 2.24) is 5.32 Å². The number of hydrogen-bond acceptors (Lipinski definition) is 2. The van der Waals surface area contributed by atoms with Crippen LogP contribution in [0.1, 0.15) is 36.0 Å². The van der Waals surface area contributed by atoms with Crippen LogP contribution in [0.2, 0.25) is 0 Å². The lowest BCUT2D eigenvalue weighted by atomic mass is 9.60. The zero-order valence-electron chi connectivity index (χ0n) is 15.7. The summed E-state index contributed by atoms with van der Waals surface area (Å²) in [5.74, 6) is 0.271. The Bertz CT molecular complexity index is 733. The van der Waals surface area contributed by atoms with Crippen LogP contribution in [0.3, 0.4) is 0 Å². The highest BCUT2D eigenvalue weighted by atomic mass is 15.0. The van der Waals surface area contributed by atoms with E-state index in [2.05, 4.69) is 96.3 Å². The zero-order valence-corrected chi connectivity index (χ0v) is 15.7. The van der Waals surface area contributed by atoms with E-state index in [1.54, 1.807) is 0 Å². The highest BCUT2D eigenvalue weighted by molar-refractivity contribution is 5.51. The minimum Gasteiger partial charge on any atom is -0.316 e. The van der Waals surface area contributed by atoms with Gasteiger partial charge in [-0.1, -0.05) is 97.4 Å². The van der Waals surface area contributed by atoms with Crippen molar-refractivity contribution >= 4 is 0 Å². The molecule has 2 nitrogen and oxygen atoms in total. The molecular weight excluding hydrogens is 328 g/mol. The van der Waals surface area contributed by atoms with Gasteiger partial charge in [-0.05, 0) is 36.1 Å². The van der Waals surface area contributed by atoms with E-state index < -0.39 is 0 Å². The summed E-state index contributed by atoms with van der Waals surface area (Å²) in [7, 11) is 0.